The molecule has 1 heterocycles. The van der Waals surface area contributed by atoms with Crippen LogP contribution < -0.4 is 5.32 Å². The second kappa shape index (κ2) is 54.4. The first-order valence-corrected chi connectivity index (χ1v) is 31.0. The molecule has 1 rings (SSSR count). The number of unbranched alkanes of at least 4 members (excludes halogenated alkanes) is 20. The summed E-state index contributed by atoms with van der Waals surface area (Å²) < 4.78 is 17.5. The number of aliphatic hydroxyl groups is 5. The van der Waals surface area contributed by atoms with E-state index in [1.807, 2.05) is 60.8 Å². The van der Waals surface area contributed by atoms with Gasteiger partial charge in [0, 0.05) is 6.42 Å². The molecule has 1 aliphatic rings. The fourth-order valence-electron chi connectivity index (χ4n) is 8.82. The third kappa shape index (κ3) is 42.3. The molecule has 79 heavy (non-hydrogen) atoms. The summed E-state index contributed by atoms with van der Waals surface area (Å²) in [6.07, 6.45) is 66.6. The van der Waals surface area contributed by atoms with Gasteiger partial charge in [0.25, 0.3) is 0 Å². The molecular weight excluding hydrogens is 991 g/mol. The van der Waals surface area contributed by atoms with Crippen LogP contribution in [0.15, 0.2) is 134 Å². The Kier molecular flexibility index (Phi) is 50.1. The lowest BCUT2D eigenvalue weighted by Crippen LogP contribution is -2.61. The van der Waals surface area contributed by atoms with Gasteiger partial charge in [-0.25, -0.2) is 0 Å². The van der Waals surface area contributed by atoms with Crippen molar-refractivity contribution in [1.82, 2.24) is 5.32 Å². The lowest BCUT2D eigenvalue weighted by Gasteiger charge is -2.41. The molecular formula is C68H111NO10. The molecule has 0 aromatic rings. The Bertz CT molecular complexity index is 1790. The molecule has 8 unspecified atom stereocenters. The predicted octanol–water partition coefficient (Wildman–Crippen LogP) is 14.8. The van der Waals surface area contributed by atoms with Gasteiger partial charge < -0.3 is 45.1 Å². The number of esters is 1. The van der Waals surface area contributed by atoms with E-state index in [0.29, 0.717) is 19.3 Å². The number of carbonyl (C=O) groups is 2. The van der Waals surface area contributed by atoms with Gasteiger partial charge in [0.15, 0.2) is 12.4 Å². The highest BCUT2D eigenvalue weighted by atomic mass is 16.7. The quantitative estimate of drug-likeness (QED) is 0.0149. The Hall–Kier alpha value is -4.20. The molecule has 1 fully saturated rings. The number of allylic oxidation sites excluding steroid dienone is 21. The van der Waals surface area contributed by atoms with E-state index in [2.05, 4.69) is 92.9 Å². The van der Waals surface area contributed by atoms with Crippen LogP contribution in [0.2, 0.25) is 0 Å². The Morgan fingerprint density at radius 3 is 1.51 bits per heavy atom. The first-order chi connectivity index (χ1) is 38.7. The summed E-state index contributed by atoms with van der Waals surface area (Å²) in [6.45, 7) is 5.46. The first kappa shape index (κ1) is 72.8. The van der Waals surface area contributed by atoms with Gasteiger partial charge in [-0.05, 0) is 83.5 Å². The minimum absolute atomic E-state index is 0.0203. The van der Waals surface area contributed by atoms with Crippen LogP contribution >= 0.6 is 0 Å². The number of carbonyl (C=O) groups excluding carboxylic acids is 2. The summed E-state index contributed by atoms with van der Waals surface area (Å²) >= 11 is 0. The largest absolute Gasteiger partial charge is 0.454 e. The molecule has 8 atom stereocenters. The fraction of sp³-hybridized carbons (Fsp3) is 0.647. The van der Waals surface area contributed by atoms with Gasteiger partial charge in [0.1, 0.15) is 24.4 Å². The van der Waals surface area contributed by atoms with E-state index >= 15 is 0 Å². The van der Waals surface area contributed by atoms with Crippen LogP contribution in [0.5, 0.6) is 0 Å². The van der Waals surface area contributed by atoms with E-state index in [1.54, 1.807) is 6.08 Å². The van der Waals surface area contributed by atoms with Gasteiger partial charge in [-0.3, -0.25) is 9.59 Å². The van der Waals surface area contributed by atoms with Gasteiger partial charge in [-0.1, -0.05) is 264 Å². The summed E-state index contributed by atoms with van der Waals surface area (Å²) in [5.74, 6) is -1.29. The van der Waals surface area contributed by atoms with Crippen LogP contribution in [-0.4, -0.2) is 99.6 Å². The molecule has 11 nitrogen and oxygen atoms in total. The van der Waals surface area contributed by atoms with Crippen molar-refractivity contribution < 1.29 is 49.3 Å². The molecule has 0 aromatic carbocycles. The molecule has 11 heteroatoms. The third-order valence-electron chi connectivity index (χ3n) is 13.7. The third-order valence-corrected chi connectivity index (χ3v) is 13.7. The number of hydrogen-bond donors (Lipinski definition) is 6. The summed E-state index contributed by atoms with van der Waals surface area (Å²) in [5.41, 5.74) is 0. The number of hydrogen-bond acceptors (Lipinski definition) is 10. The van der Waals surface area contributed by atoms with E-state index in [1.165, 1.54) is 77.0 Å². The molecule has 1 saturated heterocycles. The molecule has 0 spiro atoms. The zero-order valence-corrected chi connectivity index (χ0v) is 49.4. The highest BCUT2D eigenvalue weighted by Crippen LogP contribution is 2.26. The molecule has 0 bridgehead atoms. The molecule has 0 aromatic heterocycles. The van der Waals surface area contributed by atoms with Crippen molar-refractivity contribution in [2.45, 2.75) is 269 Å². The van der Waals surface area contributed by atoms with Crippen molar-refractivity contribution in [2.75, 3.05) is 13.2 Å². The number of ether oxygens (including phenoxy) is 3. The summed E-state index contributed by atoms with van der Waals surface area (Å²) in [6, 6.07) is -1.05. The van der Waals surface area contributed by atoms with Crippen molar-refractivity contribution in [3.63, 3.8) is 0 Å². The van der Waals surface area contributed by atoms with Crippen LogP contribution in [0.25, 0.3) is 0 Å². The molecule has 1 aliphatic heterocycles. The second-order valence-corrected chi connectivity index (χ2v) is 20.8. The minimum atomic E-state index is -1.65. The van der Waals surface area contributed by atoms with E-state index < -0.39 is 67.4 Å². The van der Waals surface area contributed by atoms with E-state index in [0.717, 1.165) is 89.9 Å². The maximum Gasteiger partial charge on any atom is 0.306 e. The average molecular weight is 1100 g/mol. The summed E-state index contributed by atoms with van der Waals surface area (Å²) in [7, 11) is 0. The number of nitrogens with one attached hydrogen (secondary N) is 1. The molecule has 0 aliphatic carbocycles. The van der Waals surface area contributed by atoms with Crippen molar-refractivity contribution in [2.24, 2.45) is 0 Å². The lowest BCUT2D eigenvalue weighted by molar-refractivity contribution is -0.305. The maximum absolute atomic E-state index is 13.4. The zero-order valence-electron chi connectivity index (χ0n) is 49.4. The van der Waals surface area contributed by atoms with E-state index in [-0.39, 0.29) is 19.4 Å². The van der Waals surface area contributed by atoms with Crippen molar-refractivity contribution >= 4 is 11.9 Å². The van der Waals surface area contributed by atoms with Crippen molar-refractivity contribution in [1.29, 1.82) is 0 Å². The topological polar surface area (TPSA) is 175 Å². The van der Waals surface area contributed by atoms with Crippen LogP contribution in [0.3, 0.4) is 0 Å². The van der Waals surface area contributed by atoms with Crippen LogP contribution in [0.1, 0.15) is 220 Å². The Morgan fingerprint density at radius 2 is 0.975 bits per heavy atom. The van der Waals surface area contributed by atoms with Gasteiger partial charge in [0.05, 0.1) is 25.4 Å². The van der Waals surface area contributed by atoms with Gasteiger partial charge in [-0.2, -0.15) is 0 Å². The van der Waals surface area contributed by atoms with Crippen LogP contribution in [0.4, 0.5) is 0 Å². The molecule has 0 saturated carbocycles. The number of amides is 1. The fourth-order valence-corrected chi connectivity index (χ4v) is 8.82. The highest BCUT2D eigenvalue weighted by Gasteiger charge is 2.47. The molecule has 1 amide bonds. The van der Waals surface area contributed by atoms with Crippen LogP contribution in [-0.2, 0) is 23.8 Å². The second-order valence-electron chi connectivity index (χ2n) is 20.8. The number of rotatable bonds is 50. The van der Waals surface area contributed by atoms with Gasteiger partial charge in [-0.15, -0.1) is 0 Å². The van der Waals surface area contributed by atoms with E-state index in [4.69, 9.17) is 14.2 Å². The zero-order chi connectivity index (χ0) is 57.5. The Morgan fingerprint density at radius 1 is 0.519 bits per heavy atom. The SMILES string of the molecule is CC/C=C\C/C=C\C/C=C\C/C=C\C/C=C\CCCCCCCCCCCCC(O)C(=O)NC(COC1OC(CO)C(O)C(O)C1OC(=O)CCC/C=C/C=C\C=C/C=C/C=C/CC)C(O)/C=C/CCCCCCCCCCC. The predicted molar refractivity (Wildman–Crippen MR) is 328 cm³/mol. The van der Waals surface area contributed by atoms with Crippen molar-refractivity contribution in [3.8, 4) is 0 Å². The standard InChI is InChI=1S/C68H111NO10/c1-4-7-10-13-16-19-22-24-25-26-27-28-29-30-31-32-33-34-35-36-38-40-43-46-49-52-55-61(72)67(76)69-59(60(71)54-51-48-45-42-39-21-18-15-12-9-6-3)58-77-68-66(65(75)64(74)62(57-70)78-68)79-63(73)56-53-50-47-44-41-37-23-20-17-14-11-8-5-2/h7-8,10-11,14,16-17,19-20,23-25,27-28,30-31,37,41,44,47,51,54,59-62,64-66,68,70-72,74-75H,4-6,9,12-13,15,18,21-22,26,29,32-36,38-40,42-43,45-46,48-50,52-53,55-58H2,1-3H3,(H,69,76)/b10-7-,11-8+,17-14+,19-16-,23-20-,25-24-,28-27-,31-30-,41-37-,47-44+,54-51+. The van der Waals surface area contributed by atoms with E-state index in [9.17, 15) is 35.1 Å². The molecule has 6 N–H and O–H groups in total. The molecule has 0 radical (unpaired) electrons. The monoisotopic (exact) mass is 1100 g/mol. The summed E-state index contributed by atoms with van der Waals surface area (Å²) in [4.78, 5) is 26.5. The van der Waals surface area contributed by atoms with Gasteiger partial charge >= 0.3 is 5.97 Å². The smallest absolute Gasteiger partial charge is 0.306 e. The average Bonchev–Trinajstić information content (AvgIpc) is 3.44. The van der Waals surface area contributed by atoms with Crippen molar-refractivity contribution in [3.05, 3.63) is 134 Å². The molecule has 448 valence electrons. The Labute approximate surface area is 480 Å². The minimum Gasteiger partial charge on any atom is -0.454 e. The maximum atomic E-state index is 13.4. The first-order valence-electron chi connectivity index (χ1n) is 31.0. The van der Waals surface area contributed by atoms with Gasteiger partial charge in [0.2, 0.25) is 5.91 Å². The lowest BCUT2D eigenvalue weighted by atomic mass is 9.99. The normalized spacial score (nSPS) is 19.8. The summed E-state index contributed by atoms with van der Waals surface area (Å²) in [5, 5.41) is 56.9. The number of aliphatic hydroxyl groups excluding tert-OH is 5. The Balaban J connectivity index is 2.63. The highest BCUT2D eigenvalue weighted by molar-refractivity contribution is 5.80. The van der Waals surface area contributed by atoms with Crippen LogP contribution in [0, 0.1) is 0 Å².